The number of hydrogen-bond acceptors (Lipinski definition) is 6. The zero-order chi connectivity index (χ0) is 23.2. The number of benzene rings is 1. The van der Waals surface area contributed by atoms with E-state index in [0.717, 1.165) is 18.5 Å². The summed E-state index contributed by atoms with van der Waals surface area (Å²) in [5.74, 6) is 0.482. The summed E-state index contributed by atoms with van der Waals surface area (Å²) in [5.41, 5.74) is 6.76. The van der Waals surface area contributed by atoms with Crippen LogP contribution in [0.1, 0.15) is 32.1 Å². The Kier molecular flexibility index (Phi) is 6.01. The maximum absolute atomic E-state index is 13.2. The fraction of sp³-hybridized carbons (Fsp3) is 0.480. The van der Waals surface area contributed by atoms with Crippen LogP contribution in [0.3, 0.4) is 0 Å². The first-order chi connectivity index (χ1) is 16.6. The zero-order valence-corrected chi connectivity index (χ0v) is 20.9. The van der Waals surface area contributed by atoms with Crippen molar-refractivity contribution < 1.29 is 9.53 Å². The summed E-state index contributed by atoms with van der Waals surface area (Å²) in [6.45, 7) is 2.37. The lowest BCUT2D eigenvalue weighted by molar-refractivity contribution is 0.0577. The lowest BCUT2D eigenvalue weighted by Gasteiger charge is -2.31. The maximum Gasteiger partial charge on any atom is 0.425 e. The molecule has 1 amide bonds. The van der Waals surface area contributed by atoms with Crippen LogP contribution in [0.5, 0.6) is 0 Å². The number of anilines is 1. The molecule has 1 saturated heterocycles. The molecule has 1 aromatic rings. The molecule has 1 N–H and O–H groups in total. The van der Waals surface area contributed by atoms with Crippen molar-refractivity contribution in [2.75, 3.05) is 37.5 Å². The molecule has 4 aliphatic heterocycles. The van der Waals surface area contributed by atoms with E-state index in [1.807, 2.05) is 30.5 Å². The van der Waals surface area contributed by atoms with Crippen LogP contribution >= 0.6 is 22.1 Å². The van der Waals surface area contributed by atoms with Gasteiger partial charge in [0.2, 0.25) is 0 Å². The number of amides is 1. The Hall–Kier alpha value is -2.13. The molecule has 1 aliphatic carbocycles. The second kappa shape index (κ2) is 9.15. The number of allylic oxidation sites excluding steroid dienone is 1. The highest BCUT2D eigenvalue weighted by atomic mass is 35.5. The van der Waals surface area contributed by atoms with Crippen molar-refractivity contribution in [1.29, 1.82) is 0 Å². The molecule has 2 unspecified atom stereocenters. The summed E-state index contributed by atoms with van der Waals surface area (Å²) in [6, 6.07) is 7.88. The molecule has 34 heavy (non-hydrogen) atoms. The number of hydrogen-bond donors (Lipinski definition) is 1. The predicted molar refractivity (Wildman–Crippen MR) is 139 cm³/mol. The largest absolute Gasteiger partial charge is 0.448 e. The minimum Gasteiger partial charge on any atom is -0.448 e. The molecule has 2 fully saturated rings. The van der Waals surface area contributed by atoms with Crippen molar-refractivity contribution in [1.82, 2.24) is 15.3 Å². The number of nitrogens with zero attached hydrogens (tertiary/aromatic N) is 4. The molecule has 0 aromatic heterocycles. The lowest BCUT2D eigenvalue weighted by Crippen LogP contribution is -2.51. The molecule has 2 atom stereocenters. The number of rotatable bonds is 3. The Labute approximate surface area is 208 Å². The van der Waals surface area contributed by atoms with Gasteiger partial charge in [0.25, 0.3) is 0 Å². The standard InChI is InChI=1S/C25H30ClN5O2S/c1-34-22-12-27-11-18(22)19-13-29(21-10-6-5-9-20(21)26)14-23-30(24(19)34)16-28-31(23)25(32)33-15-17-7-3-2-4-8-17/h5-6,9-10,12-13,17,23,28H,2-4,7-8,11,14-16H2,1H3. The van der Waals surface area contributed by atoms with Gasteiger partial charge in [0.05, 0.1) is 42.1 Å². The first-order valence-corrected chi connectivity index (χ1v) is 14.1. The number of hydrazine groups is 1. The topological polar surface area (TPSA) is 60.4 Å². The highest BCUT2D eigenvalue weighted by Crippen LogP contribution is 2.45. The summed E-state index contributed by atoms with van der Waals surface area (Å²) in [7, 11) is -0.103. The van der Waals surface area contributed by atoms with Crippen LogP contribution in [0.15, 0.2) is 51.5 Å². The minimum absolute atomic E-state index is 0.103. The summed E-state index contributed by atoms with van der Waals surface area (Å²) in [6.07, 6.45) is 12.1. The molecule has 0 bridgehead atoms. The monoisotopic (exact) mass is 499 g/mol. The van der Waals surface area contributed by atoms with Gasteiger partial charge in [-0.15, -0.1) is 10.5 Å². The van der Waals surface area contributed by atoms with Crippen LogP contribution in [0.25, 0.3) is 0 Å². The maximum atomic E-state index is 13.2. The first kappa shape index (κ1) is 22.3. The summed E-state index contributed by atoms with van der Waals surface area (Å²) >= 11 is 6.62. The van der Waals surface area contributed by atoms with E-state index in [1.54, 1.807) is 5.01 Å². The van der Waals surface area contributed by atoms with Crippen molar-refractivity contribution in [3.8, 4) is 0 Å². The van der Waals surface area contributed by atoms with Gasteiger partial charge in [-0.05, 0) is 42.7 Å². The van der Waals surface area contributed by atoms with E-state index < -0.39 is 0 Å². The van der Waals surface area contributed by atoms with Crippen molar-refractivity contribution in [3.63, 3.8) is 0 Å². The average molecular weight is 500 g/mol. The van der Waals surface area contributed by atoms with E-state index in [-0.39, 0.29) is 22.7 Å². The third kappa shape index (κ3) is 3.81. The van der Waals surface area contributed by atoms with E-state index >= 15 is 0 Å². The Balaban J connectivity index is 1.32. The molecular formula is C25H30ClN5O2S. The fourth-order valence-corrected chi connectivity index (χ4v) is 7.92. The molecular weight excluding hydrogens is 470 g/mol. The number of nitrogens with one attached hydrogen (secondary N) is 1. The molecule has 9 heteroatoms. The Morgan fingerprint density at radius 1 is 1.26 bits per heavy atom. The number of carbonyl (C=O) groups is 1. The number of halogens is 1. The van der Waals surface area contributed by atoms with E-state index in [4.69, 9.17) is 16.3 Å². The predicted octanol–water partition coefficient (Wildman–Crippen LogP) is 4.55. The second-order valence-corrected chi connectivity index (χ2v) is 11.7. The number of carbonyl (C=O) groups excluding carboxylic acids is 1. The van der Waals surface area contributed by atoms with Crippen molar-refractivity contribution in [2.24, 2.45) is 10.9 Å². The highest BCUT2D eigenvalue weighted by molar-refractivity contribution is 8.20. The van der Waals surface area contributed by atoms with Crippen LogP contribution in [-0.4, -0.2) is 66.0 Å². The fourth-order valence-electron chi connectivity index (χ4n) is 5.64. The quantitative estimate of drug-likeness (QED) is 0.618. The number of fused-ring (bicyclic) bond motifs is 4. The molecule has 7 nitrogen and oxygen atoms in total. The van der Waals surface area contributed by atoms with Crippen LogP contribution in [0.4, 0.5) is 10.5 Å². The van der Waals surface area contributed by atoms with Gasteiger partial charge < -0.3 is 9.64 Å². The number of para-hydroxylation sites is 1. The van der Waals surface area contributed by atoms with Gasteiger partial charge in [0.1, 0.15) is 6.17 Å². The van der Waals surface area contributed by atoms with E-state index in [2.05, 4.69) is 32.7 Å². The Morgan fingerprint density at radius 2 is 2.09 bits per heavy atom. The van der Waals surface area contributed by atoms with Crippen LogP contribution in [0, 0.1) is 5.92 Å². The molecule has 1 saturated carbocycles. The van der Waals surface area contributed by atoms with Crippen molar-refractivity contribution >= 4 is 45.1 Å². The van der Waals surface area contributed by atoms with Gasteiger partial charge in [0, 0.05) is 22.9 Å². The summed E-state index contributed by atoms with van der Waals surface area (Å²) in [5, 5.41) is 2.38. The number of ether oxygens (including phenoxy) is 1. The molecule has 5 aliphatic rings. The van der Waals surface area contributed by atoms with Gasteiger partial charge >= 0.3 is 6.09 Å². The molecule has 0 spiro atoms. The highest BCUT2D eigenvalue weighted by Gasteiger charge is 2.45. The molecule has 6 rings (SSSR count). The normalized spacial score (nSPS) is 27.0. The summed E-state index contributed by atoms with van der Waals surface area (Å²) in [4.78, 5) is 24.9. The zero-order valence-electron chi connectivity index (χ0n) is 19.4. The van der Waals surface area contributed by atoms with Gasteiger partial charge in [-0.1, -0.05) is 43.0 Å². The minimum atomic E-state index is -0.294. The van der Waals surface area contributed by atoms with Crippen LogP contribution in [0.2, 0.25) is 5.02 Å². The van der Waals surface area contributed by atoms with Crippen molar-refractivity contribution in [2.45, 2.75) is 38.3 Å². The van der Waals surface area contributed by atoms with Crippen LogP contribution < -0.4 is 10.3 Å². The van der Waals surface area contributed by atoms with Gasteiger partial charge in [-0.25, -0.2) is 20.1 Å². The molecule has 4 heterocycles. The van der Waals surface area contributed by atoms with E-state index in [1.165, 1.54) is 40.3 Å². The smallest absolute Gasteiger partial charge is 0.425 e. The first-order valence-electron chi connectivity index (χ1n) is 12.1. The van der Waals surface area contributed by atoms with Crippen LogP contribution in [-0.2, 0) is 4.74 Å². The Morgan fingerprint density at radius 3 is 2.91 bits per heavy atom. The van der Waals surface area contributed by atoms with Gasteiger partial charge in [-0.3, -0.25) is 4.99 Å². The molecule has 1 aromatic carbocycles. The van der Waals surface area contributed by atoms with E-state index in [9.17, 15) is 4.79 Å². The third-order valence-electron chi connectivity index (χ3n) is 7.43. The average Bonchev–Trinajstić information content (AvgIpc) is 3.53. The van der Waals surface area contributed by atoms with Gasteiger partial charge in [0.15, 0.2) is 0 Å². The Bertz CT molecular complexity index is 1140. The van der Waals surface area contributed by atoms with Gasteiger partial charge in [-0.2, -0.15) is 0 Å². The third-order valence-corrected chi connectivity index (χ3v) is 9.80. The summed E-state index contributed by atoms with van der Waals surface area (Å²) < 4.78 is 5.83. The number of aliphatic imine (C=N–C) groups is 1. The molecule has 180 valence electrons. The molecule has 0 radical (unpaired) electrons. The SMILES string of the molecule is CS1=C2C(=CN(c3ccccc3Cl)CC3N2CNN3C(=O)OCC2CCCCC2)C2=C1C=NC2. The van der Waals surface area contributed by atoms with E-state index in [0.29, 0.717) is 37.3 Å². The lowest BCUT2D eigenvalue weighted by atomic mass is 9.90. The second-order valence-electron chi connectivity index (χ2n) is 9.49. The van der Waals surface area contributed by atoms with Crippen molar-refractivity contribution in [3.05, 3.63) is 51.5 Å².